The molecule has 0 amide bonds. The fourth-order valence-corrected chi connectivity index (χ4v) is 4.39. The van der Waals surface area contributed by atoms with Crippen molar-refractivity contribution in [2.75, 3.05) is 13.1 Å². The molecule has 0 aliphatic carbocycles. The van der Waals surface area contributed by atoms with E-state index < -0.39 is 5.54 Å². The summed E-state index contributed by atoms with van der Waals surface area (Å²) in [7, 11) is 0. The minimum Gasteiger partial charge on any atom is -0.319 e. The highest BCUT2D eigenvalue weighted by atomic mass is 15.1. The predicted molar refractivity (Wildman–Crippen MR) is 128 cm³/mol. The lowest BCUT2D eigenvalue weighted by Gasteiger charge is -2.37. The Balaban J connectivity index is 1.80. The summed E-state index contributed by atoms with van der Waals surface area (Å²) in [6, 6.07) is 32.3. The number of aryl methyl sites for hydroxylation is 1. The van der Waals surface area contributed by atoms with Gasteiger partial charge in [-0.3, -0.25) is 0 Å². The molecule has 3 nitrogen and oxygen atoms in total. The van der Waals surface area contributed by atoms with Gasteiger partial charge in [0.25, 0.3) is 0 Å². The third-order valence-corrected chi connectivity index (χ3v) is 5.88. The molecule has 158 valence electrons. The maximum absolute atomic E-state index is 4.82. The second-order valence-corrected chi connectivity index (χ2v) is 7.89. The number of benzene rings is 3. The van der Waals surface area contributed by atoms with E-state index in [4.69, 9.17) is 4.98 Å². The molecule has 1 heterocycles. The number of rotatable bonds is 10. The second-order valence-electron chi connectivity index (χ2n) is 7.89. The number of nitrogens with one attached hydrogen (secondary N) is 1. The van der Waals surface area contributed by atoms with Gasteiger partial charge in [0, 0.05) is 6.20 Å². The summed E-state index contributed by atoms with van der Waals surface area (Å²) in [5.74, 6) is 0. The number of aromatic nitrogens is 2. The zero-order chi connectivity index (χ0) is 21.4. The van der Waals surface area contributed by atoms with Crippen LogP contribution in [0, 0.1) is 0 Å². The topological polar surface area (TPSA) is 29.9 Å². The summed E-state index contributed by atoms with van der Waals surface area (Å²) in [5, 5.41) is 3.40. The molecule has 0 unspecified atom stereocenters. The monoisotopic (exact) mass is 409 g/mol. The quantitative estimate of drug-likeness (QED) is 0.271. The van der Waals surface area contributed by atoms with E-state index in [2.05, 4.69) is 114 Å². The van der Waals surface area contributed by atoms with Crippen LogP contribution in [0.5, 0.6) is 0 Å². The molecule has 0 atom stereocenters. The zero-order valence-electron chi connectivity index (χ0n) is 18.2. The fraction of sp³-hybridized carbons (Fsp3) is 0.250. The maximum Gasteiger partial charge on any atom is 0.121 e. The van der Waals surface area contributed by atoms with Crippen LogP contribution < -0.4 is 5.32 Å². The highest BCUT2D eigenvalue weighted by molar-refractivity contribution is 5.50. The van der Waals surface area contributed by atoms with Crippen LogP contribution in [0.3, 0.4) is 0 Å². The molecular weight excluding hydrogens is 378 g/mol. The average Bonchev–Trinajstić information content (AvgIpc) is 3.31. The van der Waals surface area contributed by atoms with Gasteiger partial charge in [0.1, 0.15) is 5.54 Å². The third kappa shape index (κ3) is 4.47. The lowest BCUT2D eigenvalue weighted by molar-refractivity contribution is 0.514. The van der Waals surface area contributed by atoms with E-state index in [1.54, 1.807) is 0 Å². The molecule has 4 rings (SSSR count). The average molecular weight is 410 g/mol. The van der Waals surface area contributed by atoms with Crippen LogP contribution in [0.2, 0.25) is 0 Å². The number of imidazole rings is 1. The molecule has 0 bridgehead atoms. The Morgan fingerprint density at radius 2 is 1.26 bits per heavy atom. The van der Waals surface area contributed by atoms with Gasteiger partial charge < -0.3 is 9.88 Å². The smallest absolute Gasteiger partial charge is 0.121 e. The minimum atomic E-state index is -0.473. The van der Waals surface area contributed by atoms with Crippen molar-refractivity contribution in [3.8, 4) is 0 Å². The summed E-state index contributed by atoms with van der Waals surface area (Å²) in [5.41, 5.74) is 4.35. The predicted octanol–water partition coefficient (Wildman–Crippen LogP) is 5.66. The van der Waals surface area contributed by atoms with E-state index in [1.807, 2.05) is 6.33 Å². The number of unbranched alkanes of at least 4 members (excludes halogenated alkanes) is 1. The molecule has 0 spiro atoms. The molecule has 0 fully saturated rings. The van der Waals surface area contributed by atoms with Crippen LogP contribution in [0.15, 0.2) is 104 Å². The Morgan fingerprint density at radius 1 is 0.742 bits per heavy atom. The molecule has 0 aliphatic heterocycles. The van der Waals surface area contributed by atoms with E-state index in [0.29, 0.717) is 0 Å². The Kier molecular flexibility index (Phi) is 6.96. The van der Waals surface area contributed by atoms with Gasteiger partial charge in [-0.1, -0.05) is 97.9 Å². The largest absolute Gasteiger partial charge is 0.319 e. The fourth-order valence-electron chi connectivity index (χ4n) is 4.39. The second kappa shape index (κ2) is 10.2. The van der Waals surface area contributed by atoms with Crippen LogP contribution >= 0.6 is 0 Å². The molecule has 4 aromatic rings. The molecular formula is C28H31N3. The molecule has 1 N–H and O–H groups in total. The van der Waals surface area contributed by atoms with Crippen LogP contribution in [-0.2, 0) is 12.0 Å². The summed E-state index contributed by atoms with van der Waals surface area (Å²) < 4.78 is 2.30. The van der Waals surface area contributed by atoms with Crippen molar-refractivity contribution in [2.45, 2.75) is 31.7 Å². The number of hydrogen-bond donors (Lipinski definition) is 1. The van der Waals surface area contributed by atoms with Gasteiger partial charge in [0.05, 0.1) is 12.0 Å². The van der Waals surface area contributed by atoms with Crippen molar-refractivity contribution >= 4 is 0 Å². The van der Waals surface area contributed by atoms with Gasteiger partial charge in [-0.2, -0.15) is 0 Å². The van der Waals surface area contributed by atoms with Crippen molar-refractivity contribution in [2.24, 2.45) is 0 Å². The van der Waals surface area contributed by atoms with Crippen molar-refractivity contribution in [3.05, 3.63) is 126 Å². The molecule has 3 heteroatoms. The zero-order valence-corrected chi connectivity index (χ0v) is 18.2. The summed E-state index contributed by atoms with van der Waals surface area (Å²) in [6.07, 6.45) is 7.54. The van der Waals surface area contributed by atoms with Gasteiger partial charge >= 0.3 is 0 Å². The SMILES string of the molecule is CCNCCCCc1cn(C(c2ccccc2)(c2ccccc2)c2ccccc2)cn1. The van der Waals surface area contributed by atoms with Crippen LogP contribution in [0.25, 0.3) is 0 Å². The number of hydrogen-bond acceptors (Lipinski definition) is 2. The standard InChI is InChI=1S/C28H31N3/c1-2-29-21-13-12-20-27-22-31(23-30-27)28(24-14-6-3-7-15-24,25-16-8-4-9-17-25)26-18-10-5-11-19-26/h3-11,14-19,22-23,29H,2,12-13,20-21H2,1H3. The first-order chi connectivity index (χ1) is 15.4. The Hall–Kier alpha value is -3.17. The molecule has 0 radical (unpaired) electrons. The third-order valence-electron chi connectivity index (χ3n) is 5.88. The first-order valence-electron chi connectivity index (χ1n) is 11.3. The van der Waals surface area contributed by atoms with E-state index in [1.165, 1.54) is 23.1 Å². The summed E-state index contributed by atoms with van der Waals surface area (Å²) in [6.45, 7) is 4.25. The molecule has 1 aromatic heterocycles. The summed E-state index contributed by atoms with van der Waals surface area (Å²) >= 11 is 0. The van der Waals surface area contributed by atoms with Crippen molar-refractivity contribution in [3.63, 3.8) is 0 Å². The van der Waals surface area contributed by atoms with E-state index in [0.717, 1.165) is 31.6 Å². The highest BCUT2D eigenvalue weighted by Crippen LogP contribution is 2.40. The first kappa shape index (κ1) is 21.1. The van der Waals surface area contributed by atoms with E-state index in [-0.39, 0.29) is 0 Å². The first-order valence-corrected chi connectivity index (χ1v) is 11.3. The van der Waals surface area contributed by atoms with Crippen LogP contribution in [-0.4, -0.2) is 22.6 Å². The van der Waals surface area contributed by atoms with Gasteiger partial charge in [-0.25, -0.2) is 4.98 Å². The highest BCUT2D eigenvalue weighted by Gasteiger charge is 2.38. The van der Waals surface area contributed by atoms with Gasteiger partial charge in [-0.15, -0.1) is 0 Å². The number of nitrogens with zero attached hydrogens (tertiary/aromatic N) is 2. The van der Waals surface area contributed by atoms with E-state index in [9.17, 15) is 0 Å². The lowest BCUT2D eigenvalue weighted by atomic mass is 9.77. The Morgan fingerprint density at radius 3 is 1.74 bits per heavy atom. The summed E-state index contributed by atoms with van der Waals surface area (Å²) in [4.78, 5) is 4.82. The van der Waals surface area contributed by atoms with Gasteiger partial charge in [0.15, 0.2) is 0 Å². The van der Waals surface area contributed by atoms with Crippen LogP contribution in [0.4, 0.5) is 0 Å². The maximum atomic E-state index is 4.82. The Labute approximate surface area is 185 Å². The molecule has 0 aliphatic rings. The van der Waals surface area contributed by atoms with Gasteiger partial charge in [0.2, 0.25) is 0 Å². The minimum absolute atomic E-state index is 0.473. The Bertz CT molecular complexity index is 943. The molecule has 0 saturated heterocycles. The molecule has 0 saturated carbocycles. The van der Waals surface area contributed by atoms with Crippen molar-refractivity contribution in [1.82, 2.24) is 14.9 Å². The van der Waals surface area contributed by atoms with Crippen molar-refractivity contribution < 1.29 is 0 Å². The normalized spacial score (nSPS) is 11.5. The van der Waals surface area contributed by atoms with Gasteiger partial charge in [-0.05, 0) is 49.0 Å². The lowest BCUT2D eigenvalue weighted by Crippen LogP contribution is -2.36. The van der Waals surface area contributed by atoms with Crippen molar-refractivity contribution in [1.29, 1.82) is 0 Å². The van der Waals surface area contributed by atoms with E-state index >= 15 is 0 Å². The molecule has 3 aromatic carbocycles. The van der Waals surface area contributed by atoms with Crippen LogP contribution in [0.1, 0.15) is 42.1 Å². The molecule has 31 heavy (non-hydrogen) atoms.